The van der Waals surface area contributed by atoms with Gasteiger partial charge in [-0.2, -0.15) is 0 Å². The molecule has 0 amide bonds. The minimum atomic E-state index is 0. The van der Waals surface area contributed by atoms with Crippen LogP contribution in [0.2, 0.25) is 0 Å². The molecule has 4 heteroatoms. The van der Waals surface area contributed by atoms with E-state index in [4.69, 9.17) is 5.84 Å². The Labute approximate surface area is 53.2 Å². The highest BCUT2D eigenvalue weighted by atomic mass is 35.5. The van der Waals surface area contributed by atoms with Crippen LogP contribution in [0.5, 0.6) is 0 Å². The molecule has 0 aliphatic rings. The number of hydrogen-bond acceptors (Lipinski definition) is 3. The van der Waals surface area contributed by atoms with E-state index in [0.717, 1.165) is 5.69 Å². The summed E-state index contributed by atoms with van der Waals surface area (Å²) >= 11 is 0. The molecule has 3 N–H and O–H groups in total. The third-order valence-corrected chi connectivity index (χ3v) is 0.688. The van der Waals surface area contributed by atoms with E-state index in [2.05, 4.69) is 9.84 Å². The van der Waals surface area contributed by atoms with E-state index >= 15 is 0 Å². The number of nitrogens with one attached hydrogen (secondary N) is 1. The maximum Gasteiger partial charge on any atom is 0.115 e. The van der Waals surface area contributed by atoms with Gasteiger partial charge in [0.25, 0.3) is 0 Å². The molecule has 0 bridgehead atoms. The monoisotopic (exact) mass is 134 g/mol. The van der Waals surface area contributed by atoms with E-state index in [-0.39, 0.29) is 12.4 Å². The predicted molar refractivity (Wildman–Crippen MR) is 33.8 cm³/mol. The van der Waals surface area contributed by atoms with E-state index in [9.17, 15) is 0 Å². The third-order valence-electron chi connectivity index (χ3n) is 0.688. The van der Waals surface area contributed by atoms with Crippen LogP contribution in [0.4, 0.5) is 5.69 Å². The van der Waals surface area contributed by atoms with Gasteiger partial charge in [0.05, 0.1) is 12.0 Å². The van der Waals surface area contributed by atoms with Crippen LogP contribution in [0.25, 0.3) is 0 Å². The van der Waals surface area contributed by atoms with E-state index < -0.39 is 0 Å². The second-order valence-electron chi connectivity index (χ2n) is 1.16. The van der Waals surface area contributed by atoms with E-state index in [1.807, 2.05) is 0 Å². The number of nitrogen functional groups attached to an aromatic ring is 1. The molecule has 1 heterocycles. The summed E-state index contributed by atoms with van der Waals surface area (Å²) in [5.41, 5.74) is 3.20. The van der Waals surface area contributed by atoms with Crippen LogP contribution >= 0.6 is 12.4 Å². The van der Waals surface area contributed by atoms with Gasteiger partial charge in [0, 0.05) is 6.07 Å². The molecule has 0 radical (unpaired) electrons. The molecule has 0 saturated heterocycles. The van der Waals surface area contributed by atoms with Crippen molar-refractivity contribution in [2.45, 2.75) is 0 Å². The molecule has 0 fully saturated rings. The molecular weight excluding hydrogens is 128 g/mol. The lowest BCUT2D eigenvalue weighted by molar-refractivity contribution is 0.568. The Kier molecular flexibility index (Phi) is 3.07. The summed E-state index contributed by atoms with van der Waals surface area (Å²) in [7, 11) is 0. The van der Waals surface area contributed by atoms with Crippen LogP contribution in [0, 0.1) is 0 Å². The van der Waals surface area contributed by atoms with Gasteiger partial charge in [-0.15, -0.1) is 12.4 Å². The van der Waals surface area contributed by atoms with Crippen LogP contribution in [-0.4, -0.2) is 0 Å². The van der Waals surface area contributed by atoms with Crippen molar-refractivity contribution in [3.05, 3.63) is 18.6 Å². The number of hydrazine groups is 1. The van der Waals surface area contributed by atoms with E-state index in [0.29, 0.717) is 0 Å². The Morgan fingerprint density at radius 2 is 2.38 bits per heavy atom. The summed E-state index contributed by atoms with van der Waals surface area (Å²) in [6.45, 7) is 0. The van der Waals surface area contributed by atoms with Crippen molar-refractivity contribution in [1.82, 2.24) is 0 Å². The van der Waals surface area contributed by atoms with Gasteiger partial charge in [-0.25, -0.2) is 0 Å². The Morgan fingerprint density at radius 3 is 2.62 bits per heavy atom. The molecule has 1 aromatic rings. The topological polar surface area (TPSA) is 51.2 Å². The molecule has 3 nitrogen and oxygen atoms in total. The quantitative estimate of drug-likeness (QED) is 0.445. The van der Waals surface area contributed by atoms with Gasteiger partial charge in [-0.1, -0.05) is 0 Å². The molecule has 0 spiro atoms. The Hall–Kier alpha value is -0.670. The number of anilines is 1. The average Bonchev–Trinajstić information content (AvgIpc) is 2.14. The zero-order chi connectivity index (χ0) is 5.11. The first kappa shape index (κ1) is 7.33. The minimum absolute atomic E-state index is 0. The number of halogens is 1. The van der Waals surface area contributed by atoms with Gasteiger partial charge in [0.15, 0.2) is 0 Å². The van der Waals surface area contributed by atoms with Gasteiger partial charge in [0.2, 0.25) is 0 Å². The molecule has 0 aliphatic heterocycles. The fraction of sp³-hybridized carbons (Fsp3) is 0. The summed E-state index contributed by atoms with van der Waals surface area (Å²) in [4.78, 5) is 0. The van der Waals surface area contributed by atoms with Crippen molar-refractivity contribution in [1.29, 1.82) is 0 Å². The second kappa shape index (κ2) is 3.35. The van der Waals surface area contributed by atoms with Gasteiger partial charge >= 0.3 is 0 Å². The van der Waals surface area contributed by atoms with Gasteiger partial charge < -0.3 is 9.84 Å². The zero-order valence-corrected chi connectivity index (χ0v) is 4.94. The van der Waals surface area contributed by atoms with E-state index in [1.165, 1.54) is 6.26 Å². The van der Waals surface area contributed by atoms with Gasteiger partial charge in [0.1, 0.15) is 6.26 Å². The Bertz CT molecular complexity index is 129. The van der Waals surface area contributed by atoms with Crippen LogP contribution < -0.4 is 11.3 Å². The van der Waals surface area contributed by atoms with Crippen molar-refractivity contribution in [3.8, 4) is 0 Å². The first-order valence-corrected chi connectivity index (χ1v) is 1.92. The third kappa shape index (κ3) is 1.44. The molecule has 1 rings (SSSR count). The predicted octanol–water partition coefficient (Wildman–Crippen LogP) is 0.987. The normalized spacial score (nSPS) is 7.62. The zero-order valence-electron chi connectivity index (χ0n) is 4.13. The molecule has 0 saturated carbocycles. The summed E-state index contributed by atoms with van der Waals surface area (Å²) in [6, 6.07) is 1.74. The molecule has 0 aliphatic carbocycles. The largest absolute Gasteiger partial charge is 0.470 e. The van der Waals surface area contributed by atoms with Crippen LogP contribution in [-0.2, 0) is 0 Å². The lowest BCUT2D eigenvalue weighted by Gasteiger charge is -1.85. The summed E-state index contributed by atoms with van der Waals surface area (Å²) < 4.78 is 4.66. The summed E-state index contributed by atoms with van der Waals surface area (Å²) in [5.74, 6) is 4.98. The molecule has 46 valence electrons. The van der Waals surface area contributed by atoms with Crippen LogP contribution in [0.15, 0.2) is 23.0 Å². The van der Waals surface area contributed by atoms with Crippen molar-refractivity contribution < 1.29 is 4.42 Å². The van der Waals surface area contributed by atoms with Crippen molar-refractivity contribution in [2.24, 2.45) is 5.84 Å². The number of rotatable bonds is 1. The molecule has 0 atom stereocenters. The highest BCUT2D eigenvalue weighted by Crippen LogP contribution is 2.02. The first-order chi connectivity index (χ1) is 3.43. The average molecular weight is 135 g/mol. The number of nitrogens with two attached hydrogens (primary N) is 1. The standard InChI is InChI=1S/C4H6N2O.ClH/c5-6-4-1-2-7-3-4;/h1-3,6H,5H2;1H. The second-order valence-corrected chi connectivity index (χ2v) is 1.16. The Morgan fingerprint density at radius 1 is 1.62 bits per heavy atom. The molecule has 0 unspecified atom stereocenters. The lowest BCUT2D eigenvalue weighted by Crippen LogP contribution is -2.04. The summed E-state index contributed by atoms with van der Waals surface area (Å²) in [5, 5.41) is 0. The molecule has 1 aromatic heterocycles. The maximum absolute atomic E-state index is 4.98. The van der Waals surface area contributed by atoms with Crippen molar-refractivity contribution >= 4 is 18.1 Å². The lowest BCUT2D eigenvalue weighted by atomic mass is 10.6. The highest BCUT2D eigenvalue weighted by Gasteiger charge is 1.82. The van der Waals surface area contributed by atoms with Gasteiger partial charge in [-0.3, -0.25) is 5.84 Å². The number of furan rings is 1. The van der Waals surface area contributed by atoms with Crippen molar-refractivity contribution in [3.63, 3.8) is 0 Å². The molecular formula is C4H7ClN2O. The van der Waals surface area contributed by atoms with Crippen LogP contribution in [0.1, 0.15) is 0 Å². The van der Waals surface area contributed by atoms with Crippen LogP contribution in [0.3, 0.4) is 0 Å². The highest BCUT2D eigenvalue weighted by molar-refractivity contribution is 5.85. The molecule has 8 heavy (non-hydrogen) atoms. The van der Waals surface area contributed by atoms with Gasteiger partial charge in [-0.05, 0) is 0 Å². The summed E-state index contributed by atoms with van der Waals surface area (Å²) in [6.07, 6.45) is 3.08. The maximum atomic E-state index is 4.98. The smallest absolute Gasteiger partial charge is 0.115 e. The minimum Gasteiger partial charge on any atom is -0.470 e. The molecule has 0 aromatic carbocycles. The SMILES string of the molecule is Cl.NNc1ccoc1. The Balaban J connectivity index is 0.000000490. The van der Waals surface area contributed by atoms with E-state index in [1.54, 1.807) is 12.3 Å². The van der Waals surface area contributed by atoms with Crippen molar-refractivity contribution in [2.75, 3.05) is 5.43 Å². The number of hydrogen-bond donors (Lipinski definition) is 2. The first-order valence-electron chi connectivity index (χ1n) is 1.92. The fourth-order valence-corrected chi connectivity index (χ4v) is 0.347. The fourth-order valence-electron chi connectivity index (χ4n) is 0.347.